The lowest BCUT2D eigenvalue weighted by atomic mass is 9.86. The van der Waals surface area contributed by atoms with Crippen LogP contribution in [0.25, 0.3) is 0 Å². The summed E-state index contributed by atoms with van der Waals surface area (Å²) in [6.45, 7) is 16.1. The van der Waals surface area contributed by atoms with Crippen LogP contribution in [0.2, 0.25) is 5.15 Å². The second-order valence-corrected chi connectivity index (χ2v) is 10.6. The highest BCUT2D eigenvalue weighted by Crippen LogP contribution is 2.35. The van der Waals surface area contributed by atoms with Crippen molar-refractivity contribution in [2.24, 2.45) is 11.8 Å². The van der Waals surface area contributed by atoms with Gasteiger partial charge in [0.05, 0.1) is 13.2 Å². The maximum absolute atomic E-state index is 6.10. The summed E-state index contributed by atoms with van der Waals surface area (Å²) in [5, 5.41) is 1.70. The van der Waals surface area contributed by atoms with E-state index < -0.39 is 0 Å². The fourth-order valence-electron chi connectivity index (χ4n) is 4.17. The number of hydrogen-bond donors (Lipinski definition) is 0. The summed E-state index contributed by atoms with van der Waals surface area (Å²) >= 11 is 7.80. The molecule has 31 heavy (non-hydrogen) atoms. The molecule has 0 radical (unpaired) electrons. The lowest BCUT2D eigenvalue weighted by Gasteiger charge is -2.33. The summed E-state index contributed by atoms with van der Waals surface area (Å²) < 4.78 is 5.31. The molecule has 172 valence electrons. The summed E-state index contributed by atoms with van der Waals surface area (Å²) in [5.74, 6) is 2.26. The fourth-order valence-corrected chi connectivity index (χ4v) is 5.64. The molecule has 6 heteroatoms. The molecule has 4 nitrogen and oxygen atoms in total. The fraction of sp³-hybridized carbons (Fsp3) is 0.640. The molecule has 2 fully saturated rings. The van der Waals surface area contributed by atoms with Gasteiger partial charge in [-0.1, -0.05) is 69.6 Å². The minimum atomic E-state index is 0.449. The number of piperidine rings is 1. The molecular weight excluding hydrogens is 426 g/mol. The van der Waals surface area contributed by atoms with Crippen molar-refractivity contribution in [3.05, 3.63) is 45.9 Å². The molecule has 2 saturated heterocycles. The molecule has 2 aromatic rings. The normalized spacial score (nSPS) is 18.4. The van der Waals surface area contributed by atoms with E-state index in [9.17, 15) is 0 Å². The van der Waals surface area contributed by atoms with E-state index in [0.29, 0.717) is 11.1 Å². The van der Waals surface area contributed by atoms with Crippen LogP contribution in [0.1, 0.15) is 56.9 Å². The Morgan fingerprint density at radius 2 is 1.68 bits per heavy atom. The van der Waals surface area contributed by atoms with Crippen molar-refractivity contribution >= 4 is 28.1 Å². The van der Waals surface area contributed by atoms with Crippen LogP contribution >= 0.6 is 22.9 Å². The number of halogens is 1. The topological polar surface area (TPSA) is 28.6 Å². The molecule has 0 bridgehead atoms. The Kier molecular flexibility index (Phi) is 9.64. The maximum atomic E-state index is 6.10. The van der Waals surface area contributed by atoms with E-state index in [2.05, 4.69) is 72.8 Å². The molecule has 0 spiro atoms. The summed E-state index contributed by atoms with van der Waals surface area (Å²) in [6.07, 6.45) is 2.76. The number of nitrogens with zero attached hydrogens (tertiary/aromatic N) is 3. The van der Waals surface area contributed by atoms with Gasteiger partial charge in [0.1, 0.15) is 5.15 Å². The molecule has 0 amide bonds. The Morgan fingerprint density at radius 1 is 1.03 bits per heavy atom. The third kappa shape index (κ3) is 7.45. The van der Waals surface area contributed by atoms with Gasteiger partial charge in [-0.25, -0.2) is 4.98 Å². The number of rotatable bonds is 5. The quantitative estimate of drug-likeness (QED) is 0.519. The predicted molar refractivity (Wildman–Crippen MR) is 134 cm³/mol. The van der Waals surface area contributed by atoms with Crippen LogP contribution in [0.4, 0.5) is 5.13 Å². The van der Waals surface area contributed by atoms with Crippen LogP contribution in [-0.4, -0.2) is 49.3 Å². The van der Waals surface area contributed by atoms with Gasteiger partial charge in [-0.15, -0.1) is 11.3 Å². The van der Waals surface area contributed by atoms with E-state index >= 15 is 0 Å². The summed E-state index contributed by atoms with van der Waals surface area (Å²) in [6, 6.07) is 10.8. The number of aromatic nitrogens is 1. The molecule has 3 heterocycles. The van der Waals surface area contributed by atoms with E-state index in [0.717, 1.165) is 49.8 Å². The second kappa shape index (κ2) is 12.2. The first-order chi connectivity index (χ1) is 14.9. The zero-order valence-electron chi connectivity index (χ0n) is 19.5. The number of likely N-dealkylation sites (tertiary alicyclic amines) is 1. The standard InChI is InChI=1S/C15H23N.C10H15ClN2OS/c1-13(2)15-8-10-16(11-9-15)12-14-6-4-3-5-7-14;1-7(2)8-9(11)12-10(15-8)13-3-5-14-6-4-13/h3-7,13,15H,8-12H2,1-2H3;7H,3-6H2,1-2H3. The van der Waals surface area contributed by atoms with Gasteiger partial charge in [-0.3, -0.25) is 4.90 Å². The number of benzene rings is 1. The van der Waals surface area contributed by atoms with Crippen LogP contribution in [0.3, 0.4) is 0 Å². The van der Waals surface area contributed by atoms with Gasteiger partial charge in [0.2, 0.25) is 0 Å². The van der Waals surface area contributed by atoms with Crippen molar-refractivity contribution in [2.75, 3.05) is 44.3 Å². The minimum absolute atomic E-state index is 0.449. The molecule has 1 aromatic heterocycles. The van der Waals surface area contributed by atoms with Gasteiger partial charge < -0.3 is 9.64 Å². The summed E-state index contributed by atoms with van der Waals surface area (Å²) in [5.41, 5.74) is 1.45. The van der Waals surface area contributed by atoms with E-state index in [1.54, 1.807) is 11.3 Å². The van der Waals surface area contributed by atoms with Gasteiger partial charge in [0, 0.05) is 24.5 Å². The molecule has 4 rings (SSSR count). The van der Waals surface area contributed by atoms with E-state index in [1.807, 2.05) is 0 Å². The monoisotopic (exact) mass is 463 g/mol. The molecule has 0 atom stereocenters. The molecular formula is C25H38ClN3OS. The molecule has 2 aliphatic heterocycles. The Morgan fingerprint density at radius 3 is 2.23 bits per heavy atom. The van der Waals surface area contributed by atoms with Gasteiger partial charge in [0.25, 0.3) is 0 Å². The Balaban J connectivity index is 0.000000176. The third-order valence-corrected chi connectivity index (χ3v) is 8.05. The lowest BCUT2D eigenvalue weighted by molar-refractivity contribution is 0.122. The minimum Gasteiger partial charge on any atom is -0.378 e. The zero-order valence-corrected chi connectivity index (χ0v) is 21.1. The van der Waals surface area contributed by atoms with E-state index in [-0.39, 0.29) is 0 Å². The zero-order chi connectivity index (χ0) is 22.2. The second-order valence-electron chi connectivity index (χ2n) is 9.25. The van der Waals surface area contributed by atoms with Gasteiger partial charge >= 0.3 is 0 Å². The van der Waals surface area contributed by atoms with Gasteiger partial charge in [-0.05, 0) is 49.2 Å². The van der Waals surface area contributed by atoms with Crippen molar-refractivity contribution in [2.45, 2.75) is 53.0 Å². The number of thiazole rings is 1. The average molecular weight is 464 g/mol. The maximum Gasteiger partial charge on any atom is 0.187 e. The number of morpholine rings is 1. The first kappa shape index (κ1) is 24.5. The van der Waals surface area contributed by atoms with Crippen molar-refractivity contribution in [3.63, 3.8) is 0 Å². The summed E-state index contributed by atoms with van der Waals surface area (Å²) in [7, 11) is 0. The molecule has 0 aliphatic carbocycles. The van der Waals surface area contributed by atoms with Gasteiger partial charge in [-0.2, -0.15) is 0 Å². The SMILES string of the molecule is CC(C)C1CCN(Cc2ccccc2)CC1.CC(C)c1sc(N2CCOCC2)nc1Cl. The smallest absolute Gasteiger partial charge is 0.187 e. The van der Waals surface area contributed by atoms with E-state index in [1.165, 1.54) is 36.4 Å². The molecule has 0 unspecified atom stereocenters. The molecule has 2 aliphatic rings. The Labute approximate surface area is 197 Å². The van der Waals surface area contributed by atoms with Crippen LogP contribution in [0.5, 0.6) is 0 Å². The third-order valence-electron chi connectivity index (χ3n) is 6.23. The first-order valence-electron chi connectivity index (χ1n) is 11.7. The molecule has 0 N–H and O–H groups in total. The van der Waals surface area contributed by atoms with Crippen molar-refractivity contribution in [1.29, 1.82) is 0 Å². The van der Waals surface area contributed by atoms with Crippen LogP contribution in [0.15, 0.2) is 30.3 Å². The highest BCUT2D eigenvalue weighted by Gasteiger charge is 2.21. The molecule has 1 aromatic carbocycles. The van der Waals surface area contributed by atoms with Crippen LogP contribution in [-0.2, 0) is 11.3 Å². The van der Waals surface area contributed by atoms with Crippen LogP contribution in [0, 0.1) is 11.8 Å². The number of hydrogen-bond acceptors (Lipinski definition) is 5. The predicted octanol–water partition coefficient (Wildman–Crippen LogP) is 6.31. The highest BCUT2D eigenvalue weighted by atomic mass is 35.5. The Bertz CT molecular complexity index is 766. The average Bonchev–Trinajstić information content (AvgIpc) is 3.18. The van der Waals surface area contributed by atoms with E-state index in [4.69, 9.17) is 16.3 Å². The van der Waals surface area contributed by atoms with Crippen LogP contribution < -0.4 is 4.90 Å². The van der Waals surface area contributed by atoms with Gasteiger partial charge in [0.15, 0.2) is 5.13 Å². The first-order valence-corrected chi connectivity index (χ1v) is 12.9. The van der Waals surface area contributed by atoms with Crippen molar-refractivity contribution < 1.29 is 4.74 Å². The Hall–Kier alpha value is -1.14. The number of ether oxygens (including phenoxy) is 1. The van der Waals surface area contributed by atoms with Crippen molar-refractivity contribution in [1.82, 2.24) is 9.88 Å². The molecule has 0 saturated carbocycles. The number of anilines is 1. The summed E-state index contributed by atoms with van der Waals surface area (Å²) in [4.78, 5) is 10.4. The largest absolute Gasteiger partial charge is 0.378 e. The lowest BCUT2D eigenvalue weighted by Crippen LogP contribution is -2.36. The highest BCUT2D eigenvalue weighted by molar-refractivity contribution is 7.16. The van der Waals surface area contributed by atoms with Crippen molar-refractivity contribution in [3.8, 4) is 0 Å².